The Morgan fingerprint density at radius 1 is 1.89 bits per heavy atom. The fourth-order valence-electron chi connectivity index (χ4n) is 0.999. The van der Waals surface area contributed by atoms with E-state index < -0.39 is 0 Å². The van der Waals surface area contributed by atoms with E-state index in [4.69, 9.17) is 5.73 Å². The van der Waals surface area contributed by atoms with E-state index in [0.717, 1.165) is 6.54 Å². The van der Waals surface area contributed by atoms with Gasteiger partial charge in [-0.2, -0.15) is 0 Å². The summed E-state index contributed by atoms with van der Waals surface area (Å²) in [5.41, 5.74) is 5.57. The summed E-state index contributed by atoms with van der Waals surface area (Å²) in [6.07, 6.45) is 0.609. The van der Waals surface area contributed by atoms with E-state index in [1.807, 2.05) is 6.92 Å². The molecular weight excluding hydrogens is 116 g/mol. The first-order valence-corrected chi connectivity index (χ1v) is 3.22. The van der Waals surface area contributed by atoms with E-state index in [2.05, 4.69) is 5.32 Å². The third-order valence-electron chi connectivity index (χ3n) is 1.75. The number of nitrogens with two attached hydrogens (primary N) is 1. The number of rotatable bonds is 1. The first kappa shape index (κ1) is 6.55. The molecule has 0 aromatic rings. The van der Waals surface area contributed by atoms with Crippen molar-refractivity contribution >= 4 is 5.91 Å². The molecule has 0 saturated carbocycles. The van der Waals surface area contributed by atoms with E-state index in [1.165, 1.54) is 0 Å². The number of hydrogen-bond donors (Lipinski definition) is 2. The summed E-state index contributed by atoms with van der Waals surface area (Å²) in [6, 6.07) is 0.143. The zero-order chi connectivity index (χ0) is 6.85. The van der Waals surface area contributed by atoms with Crippen molar-refractivity contribution in [2.45, 2.75) is 19.4 Å². The van der Waals surface area contributed by atoms with E-state index in [9.17, 15) is 4.79 Å². The van der Waals surface area contributed by atoms with Crippen LogP contribution in [0.1, 0.15) is 13.3 Å². The summed E-state index contributed by atoms with van der Waals surface area (Å²) in [7, 11) is 0. The molecule has 1 aliphatic rings. The zero-order valence-corrected chi connectivity index (χ0v) is 5.55. The van der Waals surface area contributed by atoms with Crippen LogP contribution in [0.25, 0.3) is 0 Å². The first-order valence-electron chi connectivity index (χ1n) is 3.22. The summed E-state index contributed by atoms with van der Waals surface area (Å²) >= 11 is 0. The highest BCUT2D eigenvalue weighted by molar-refractivity contribution is 5.78. The van der Waals surface area contributed by atoms with Crippen LogP contribution in [0.2, 0.25) is 0 Å². The number of carbonyl (C=O) groups excluding carboxylic acids is 1. The Morgan fingerprint density at radius 3 is 2.78 bits per heavy atom. The molecule has 1 amide bonds. The van der Waals surface area contributed by atoms with Gasteiger partial charge in [-0.05, 0) is 12.8 Å². The normalized spacial score (nSPS) is 30.0. The van der Waals surface area contributed by atoms with Crippen molar-refractivity contribution in [1.82, 2.24) is 5.32 Å². The average molecular weight is 128 g/mol. The van der Waals surface area contributed by atoms with E-state index in [1.54, 1.807) is 0 Å². The molecular formula is C6H12N2O. The molecule has 1 aliphatic heterocycles. The molecule has 1 heterocycles. The van der Waals surface area contributed by atoms with Crippen molar-refractivity contribution < 1.29 is 4.79 Å². The van der Waals surface area contributed by atoms with Crippen LogP contribution in [0.3, 0.4) is 0 Å². The van der Waals surface area contributed by atoms with Crippen molar-refractivity contribution in [2.24, 2.45) is 11.7 Å². The number of nitrogens with one attached hydrogen (secondary N) is 1. The van der Waals surface area contributed by atoms with Crippen LogP contribution < -0.4 is 11.1 Å². The lowest BCUT2D eigenvalue weighted by atomic mass is 10.0. The second-order valence-electron chi connectivity index (χ2n) is 2.63. The van der Waals surface area contributed by atoms with Gasteiger partial charge in [0.25, 0.3) is 0 Å². The van der Waals surface area contributed by atoms with Crippen LogP contribution in [-0.4, -0.2) is 18.5 Å². The maximum atomic E-state index is 10.6. The van der Waals surface area contributed by atoms with Crippen molar-refractivity contribution in [3.63, 3.8) is 0 Å². The summed E-state index contributed by atoms with van der Waals surface area (Å²) in [6.45, 7) is 2.70. The fourth-order valence-corrected chi connectivity index (χ4v) is 0.999. The highest BCUT2D eigenvalue weighted by Crippen LogP contribution is 2.10. The predicted octanol–water partition coefficient (Wildman–Crippen LogP) is -0.530. The van der Waals surface area contributed by atoms with Gasteiger partial charge in [-0.3, -0.25) is 4.79 Å². The van der Waals surface area contributed by atoms with Crippen LogP contribution >= 0.6 is 0 Å². The lowest BCUT2D eigenvalue weighted by Crippen LogP contribution is -2.27. The summed E-state index contributed by atoms with van der Waals surface area (Å²) in [5, 5.41) is 2.73. The van der Waals surface area contributed by atoms with Crippen LogP contribution in [-0.2, 0) is 4.79 Å². The molecule has 0 bridgehead atoms. The van der Waals surface area contributed by atoms with Crippen LogP contribution in [0.5, 0.6) is 0 Å². The lowest BCUT2D eigenvalue weighted by molar-refractivity contribution is -0.119. The maximum absolute atomic E-state index is 10.6. The van der Waals surface area contributed by atoms with Crippen molar-refractivity contribution in [2.75, 3.05) is 6.54 Å². The van der Waals surface area contributed by atoms with Gasteiger partial charge >= 0.3 is 0 Å². The van der Waals surface area contributed by atoms with Gasteiger partial charge < -0.3 is 11.1 Å². The van der Waals surface area contributed by atoms with Gasteiger partial charge in [0.15, 0.2) is 0 Å². The Balaban J connectivity index is 2.39. The quantitative estimate of drug-likeness (QED) is 0.498. The fraction of sp³-hybridized carbons (Fsp3) is 0.833. The van der Waals surface area contributed by atoms with Gasteiger partial charge in [0.2, 0.25) is 5.91 Å². The third kappa shape index (κ3) is 1.42. The van der Waals surface area contributed by atoms with Crippen LogP contribution in [0.4, 0.5) is 0 Å². The van der Waals surface area contributed by atoms with Gasteiger partial charge in [0.1, 0.15) is 0 Å². The first-order chi connectivity index (χ1) is 4.20. The third-order valence-corrected chi connectivity index (χ3v) is 1.75. The molecule has 0 aliphatic carbocycles. The minimum Gasteiger partial charge on any atom is -0.356 e. The lowest BCUT2D eigenvalue weighted by Gasteiger charge is -2.09. The SMILES string of the molecule is C[C@@H](N)C1CNC(=O)C1. The Labute approximate surface area is 54.6 Å². The molecule has 52 valence electrons. The minimum atomic E-state index is 0.136. The van der Waals surface area contributed by atoms with E-state index >= 15 is 0 Å². The molecule has 0 radical (unpaired) electrons. The Kier molecular flexibility index (Phi) is 1.71. The summed E-state index contributed by atoms with van der Waals surface area (Å²) in [4.78, 5) is 10.6. The van der Waals surface area contributed by atoms with Gasteiger partial charge in [-0.1, -0.05) is 0 Å². The molecule has 9 heavy (non-hydrogen) atoms. The molecule has 3 nitrogen and oxygen atoms in total. The predicted molar refractivity (Wildman–Crippen MR) is 34.8 cm³/mol. The zero-order valence-electron chi connectivity index (χ0n) is 5.55. The molecule has 3 heteroatoms. The Morgan fingerprint density at radius 2 is 2.56 bits per heavy atom. The molecule has 1 rings (SSSR count). The minimum absolute atomic E-state index is 0.136. The number of hydrogen-bond acceptors (Lipinski definition) is 2. The Hall–Kier alpha value is -0.570. The molecule has 1 saturated heterocycles. The number of amides is 1. The van der Waals surface area contributed by atoms with Crippen molar-refractivity contribution in [3.05, 3.63) is 0 Å². The molecule has 0 spiro atoms. The topological polar surface area (TPSA) is 55.1 Å². The van der Waals surface area contributed by atoms with Gasteiger partial charge in [0, 0.05) is 19.0 Å². The van der Waals surface area contributed by atoms with Gasteiger partial charge in [0.05, 0.1) is 0 Å². The van der Waals surface area contributed by atoms with Crippen LogP contribution in [0, 0.1) is 5.92 Å². The van der Waals surface area contributed by atoms with Crippen LogP contribution in [0.15, 0.2) is 0 Å². The average Bonchev–Trinajstić information content (AvgIpc) is 2.14. The highest BCUT2D eigenvalue weighted by Gasteiger charge is 2.23. The number of carbonyl (C=O) groups is 1. The smallest absolute Gasteiger partial charge is 0.220 e. The van der Waals surface area contributed by atoms with Crippen molar-refractivity contribution in [1.29, 1.82) is 0 Å². The molecule has 2 atom stereocenters. The van der Waals surface area contributed by atoms with E-state index in [0.29, 0.717) is 12.3 Å². The molecule has 1 unspecified atom stereocenters. The van der Waals surface area contributed by atoms with E-state index in [-0.39, 0.29) is 11.9 Å². The summed E-state index contributed by atoms with van der Waals surface area (Å²) in [5.74, 6) is 0.495. The molecule has 3 N–H and O–H groups in total. The molecule has 0 aromatic heterocycles. The molecule has 1 fully saturated rings. The van der Waals surface area contributed by atoms with Gasteiger partial charge in [-0.25, -0.2) is 0 Å². The Bertz CT molecular complexity index is 122. The van der Waals surface area contributed by atoms with Gasteiger partial charge in [-0.15, -0.1) is 0 Å². The second kappa shape index (κ2) is 2.35. The standard InChI is InChI=1S/C6H12N2O/c1-4(7)5-2-6(9)8-3-5/h4-5H,2-3,7H2,1H3,(H,8,9)/t4-,5?/m1/s1. The summed E-state index contributed by atoms with van der Waals surface area (Å²) < 4.78 is 0. The maximum Gasteiger partial charge on any atom is 0.220 e. The highest BCUT2D eigenvalue weighted by atomic mass is 16.1. The largest absolute Gasteiger partial charge is 0.356 e. The molecule has 0 aromatic carbocycles. The van der Waals surface area contributed by atoms with Crippen molar-refractivity contribution in [3.8, 4) is 0 Å². The second-order valence-corrected chi connectivity index (χ2v) is 2.63. The monoisotopic (exact) mass is 128 g/mol.